The number of phenols is 1. The molecule has 0 atom stereocenters. The topological polar surface area (TPSA) is 69.6 Å². The van der Waals surface area contributed by atoms with E-state index in [1.165, 1.54) is 11.8 Å². The highest BCUT2D eigenvalue weighted by molar-refractivity contribution is 7.99. The van der Waals surface area contributed by atoms with Crippen LogP contribution >= 0.6 is 11.8 Å². The van der Waals surface area contributed by atoms with Gasteiger partial charge in [0.2, 0.25) is 0 Å². The fraction of sp³-hybridized carbons (Fsp3) is 0.0714. The predicted octanol–water partition coefficient (Wildman–Crippen LogP) is 3.54. The highest BCUT2D eigenvalue weighted by atomic mass is 32.2. The molecule has 0 saturated heterocycles. The number of carboxylic acid groups (broad SMARTS) is 1. The Morgan fingerprint density at radius 2 is 2.05 bits per heavy atom. The molecule has 4 nitrogen and oxygen atoms in total. The molecule has 0 unspecified atom stereocenters. The van der Waals surface area contributed by atoms with E-state index in [0.29, 0.717) is 17.9 Å². The molecular formula is C14H11NO3S. The van der Waals surface area contributed by atoms with Crippen molar-refractivity contribution >= 4 is 23.5 Å². The van der Waals surface area contributed by atoms with Crippen LogP contribution in [0.2, 0.25) is 0 Å². The first kappa shape index (κ1) is 11.9. The average Bonchev–Trinajstić information content (AvgIpc) is 2.36. The van der Waals surface area contributed by atoms with E-state index in [1.54, 1.807) is 12.1 Å². The van der Waals surface area contributed by atoms with Crippen LogP contribution in [-0.4, -0.2) is 16.3 Å². The summed E-state index contributed by atoms with van der Waals surface area (Å²) in [7, 11) is 0. The third-order valence-corrected chi connectivity index (χ3v) is 4.27. The summed E-state index contributed by atoms with van der Waals surface area (Å²) in [4.78, 5) is 12.6. The van der Waals surface area contributed by atoms with Gasteiger partial charge in [0.15, 0.2) is 0 Å². The zero-order valence-corrected chi connectivity index (χ0v) is 10.7. The Morgan fingerprint density at radius 1 is 1.21 bits per heavy atom. The molecule has 0 aliphatic carbocycles. The van der Waals surface area contributed by atoms with Gasteiger partial charge in [-0.3, -0.25) is 5.32 Å². The van der Waals surface area contributed by atoms with Crippen molar-refractivity contribution in [2.24, 2.45) is 0 Å². The van der Waals surface area contributed by atoms with E-state index in [1.807, 2.05) is 24.3 Å². The summed E-state index contributed by atoms with van der Waals surface area (Å²) in [6, 6.07) is 10.9. The Kier molecular flexibility index (Phi) is 2.83. The minimum atomic E-state index is -1.07. The number of fused-ring (bicyclic) bond motifs is 2. The standard InChI is InChI=1S/C14H11NO3S/c16-11-3-1-2-8-6-9-7-10(15-14(17)18)4-5-12(9)19-13(8)11/h1-5,7,15-16H,6H2,(H,17,18). The number of benzene rings is 2. The lowest BCUT2D eigenvalue weighted by molar-refractivity contribution is 0.210. The molecule has 0 aromatic heterocycles. The normalized spacial score (nSPS) is 12.4. The summed E-state index contributed by atoms with van der Waals surface area (Å²) in [5.41, 5.74) is 2.69. The highest BCUT2D eigenvalue weighted by Gasteiger charge is 2.19. The number of hydrogen-bond donors (Lipinski definition) is 3. The van der Waals surface area contributed by atoms with E-state index >= 15 is 0 Å². The number of aromatic hydroxyl groups is 1. The van der Waals surface area contributed by atoms with E-state index in [9.17, 15) is 9.90 Å². The summed E-state index contributed by atoms with van der Waals surface area (Å²) in [5, 5.41) is 20.9. The zero-order chi connectivity index (χ0) is 13.4. The first-order valence-corrected chi connectivity index (χ1v) is 6.57. The molecule has 0 bridgehead atoms. The molecule has 3 N–H and O–H groups in total. The van der Waals surface area contributed by atoms with Gasteiger partial charge < -0.3 is 10.2 Å². The molecule has 0 saturated carbocycles. The van der Waals surface area contributed by atoms with Crippen molar-refractivity contribution in [1.29, 1.82) is 0 Å². The van der Waals surface area contributed by atoms with Gasteiger partial charge in [-0.15, -0.1) is 0 Å². The number of anilines is 1. The third kappa shape index (κ3) is 2.24. The number of phenolic OH excluding ortho intramolecular Hbond substituents is 1. The number of carbonyl (C=O) groups is 1. The Balaban J connectivity index is 1.98. The molecule has 2 aromatic rings. The predicted molar refractivity (Wildman–Crippen MR) is 73.1 cm³/mol. The minimum absolute atomic E-state index is 0.292. The van der Waals surface area contributed by atoms with Crippen LogP contribution < -0.4 is 5.32 Å². The molecule has 1 aliphatic rings. The molecule has 1 amide bonds. The van der Waals surface area contributed by atoms with Crippen LogP contribution in [0.25, 0.3) is 0 Å². The number of rotatable bonds is 1. The Hall–Kier alpha value is -2.14. The second kappa shape index (κ2) is 4.51. The van der Waals surface area contributed by atoms with E-state index in [-0.39, 0.29) is 0 Å². The Labute approximate surface area is 114 Å². The minimum Gasteiger partial charge on any atom is -0.507 e. The molecule has 96 valence electrons. The molecule has 0 spiro atoms. The molecule has 19 heavy (non-hydrogen) atoms. The van der Waals surface area contributed by atoms with E-state index < -0.39 is 6.09 Å². The molecule has 0 radical (unpaired) electrons. The molecular weight excluding hydrogens is 262 g/mol. The molecule has 2 aromatic carbocycles. The molecule has 5 heteroatoms. The van der Waals surface area contributed by atoms with Gasteiger partial charge >= 0.3 is 6.09 Å². The highest BCUT2D eigenvalue weighted by Crippen LogP contribution is 2.44. The lowest BCUT2D eigenvalue weighted by Gasteiger charge is -2.20. The van der Waals surface area contributed by atoms with Gasteiger partial charge in [-0.2, -0.15) is 0 Å². The van der Waals surface area contributed by atoms with Crippen LogP contribution in [0.5, 0.6) is 5.75 Å². The fourth-order valence-corrected chi connectivity index (χ4v) is 3.22. The molecule has 1 aliphatic heterocycles. The second-order valence-corrected chi connectivity index (χ2v) is 5.35. The number of hydrogen-bond acceptors (Lipinski definition) is 3. The van der Waals surface area contributed by atoms with E-state index in [4.69, 9.17) is 5.11 Å². The van der Waals surface area contributed by atoms with Crippen molar-refractivity contribution in [1.82, 2.24) is 0 Å². The van der Waals surface area contributed by atoms with E-state index in [0.717, 1.165) is 20.9 Å². The number of nitrogens with one attached hydrogen (secondary N) is 1. The Morgan fingerprint density at radius 3 is 2.84 bits per heavy atom. The molecule has 0 fully saturated rings. The van der Waals surface area contributed by atoms with Crippen LogP contribution in [-0.2, 0) is 6.42 Å². The molecule has 3 rings (SSSR count). The Bertz CT molecular complexity index is 670. The molecule has 1 heterocycles. The van der Waals surface area contributed by atoms with Crippen molar-refractivity contribution in [3.05, 3.63) is 47.5 Å². The van der Waals surface area contributed by atoms with Gasteiger partial charge in [-0.1, -0.05) is 23.9 Å². The SMILES string of the molecule is O=C(O)Nc1ccc2c(c1)Cc1cccc(O)c1S2. The quantitative estimate of drug-likeness (QED) is 0.634. The lowest BCUT2D eigenvalue weighted by Crippen LogP contribution is -2.08. The van der Waals surface area contributed by atoms with Crippen molar-refractivity contribution in [3.63, 3.8) is 0 Å². The van der Waals surface area contributed by atoms with E-state index in [2.05, 4.69) is 5.32 Å². The van der Waals surface area contributed by atoms with Gasteiger partial charge in [0, 0.05) is 10.6 Å². The van der Waals surface area contributed by atoms with Gasteiger partial charge in [-0.05, 0) is 41.8 Å². The summed E-state index contributed by atoms with van der Waals surface area (Å²) in [6.07, 6.45) is -0.372. The maximum Gasteiger partial charge on any atom is 0.409 e. The van der Waals surface area contributed by atoms with Gasteiger partial charge in [0.1, 0.15) is 5.75 Å². The van der Waals surface area contributed by atoms with Crippen LogP contribution in [0.3, 0.4) is 0 Å². The largest absolute Gasteiger partial charge is 0.507 e. The maximum atomic E-state index is 10.6. The fourth-order valence-electron chi connectivity index (χ4n) is 2.16. The van der Waals surface area contributed by atoms with Crippen LogP contribution in [0.15, 0.2) is 46.2 Å². The maximum absolute atomic E-state index is 10.6. The first-order chi connectivity index (χ1) is 9.13. The summed E-state index contributed by atoms with van der Waals surface area (Å²) < 4.78 is 0. The van der Waals surface area contributed by atoms with Gasteiger partial charge in [0.25, 0.3) is 0 Å². The summed E-state index contributed by atoms with van der Waals surface area (Å²) >= 11 is 1.51. The summed E-state index contributed by atoms with van der Waals surface area (Å²) in [6.45, 7) is 0. The zero-order valence-electron chi connectivity index (χ0n) is 9.88. The monoisotopic (exact) mass is 273 g/mol. The van der Waals surface area contributed by atoms with Crippen LogP contribution in [0, 0.1) is 0 Å². The lowest BCUT2D eigenvalue weighted by atomic mass is 10.0. The smallest absolute Gasteiger partial charge is 0.409 e. The number of amides is 1. The first-order valence-electron chi connectivity index (χ1n) is 5.75. The second-order valence-electron chi connectivity index (χ2n) is 4.30. The van der Waals surface area contributed by atoms with Crippen LogP contribution in [0.1, 0.15) is 11.1 Å². The van der Waals surface area contributed by atoms with Crippen LogP contribution in [0.4, 0.5) is 10.5 Å². The summed E-state index contributed by atoms with van der Waals surface area (Å²) in [5.74, 6) is 0.292. The van der Waals surface area contributed by atoms with Gasteiger partial charge in [-0.25, -0.2) is 4.79 Å². The van der Waals surface area contributed by atoms with Crippen molar-refractivity contribution in [2.75, 3.05) is 5.32 Å². The average molecular weight is 273 g/mol. The van der Waals surface area contributed by atoms with Crippen molar-refractivity contribution in [2.45, 2.75) is 16.2 Å². The third-order valence-electron chi connectivity index (χ3n) is 2.98. The van der Waals surface area contributed by atoms with Gasteiger partial charge in [0.05, 0.1) is 4.90 Å². The van der Waals surface area contributed by atoms with Crippen molar-refractivity contribution in [3.8, 4) is 5.75 Å². The van der Waals surface area contributed by atoms with Crippen molar-refractivity contribution < 1.29 is 15.0 Å².